The topological polar surface area (TPSA) is 6.48 Å². The first kappa shape index (κ1) is 50.2. The van der Waals surface area contributed by atoms with Crippen molar-refractivity contribution in [3.63, 3.8) is 0 Å². The van der Waals surface area contributed by atoms with Crippen molar-refractivity contribution >= 4 is 69.2 Å². The molecule has 0 aliphatic heterocycles. The monoisotopic (exact) mass is 1050 g/mol. The van der Waals surface area contributed by atoms with Gasteiger partial charge in [0.2, 0.25) is 0 Å². The molecule has 0 heterocycles. The van der Waals surface area contributed by atoms with Crippen molar-refractivity contribution < 1.29 is 0 Å². The molecular weight excluding hydrogens is 989 g/mol. The highest BCUT2D eigenvalue weighted by Crippen LogP contribution is 2.53. The Labute approximate surface area is 482 Å². The molecule has 12 aromatic carbocycles. The number of benzene rings is 12. The molecule has 0 unspecified atom stereocenters. The van der Waals surface area contributed by atoms with Gasteiger partial charge in [-0.2, -0.15) is 0 Å². The van der Waals surface area contributed by atoms with Gasteiger partial charge in [0.25, 0.3) is 0 Å². The fraction of sp³-hybridized carbons (Fsp3) is 0.0750. The van der Waals surface area contributed by atoms with E-state index >= 15 is 0 Å². The number of fused-ring (bicyclic) bond motifs is 7. The summed E-state index contributed by atoms with van der Waals surface area (Å²) in [6.07, 6.45) is 9.03. The van der Waals surface area contributed by atoms with Gasteiger partial charge in [0.05, 0.1) is 0 Å². The molecule has 82 heavy (non-hydrogen) atoms. The van der Waals surface area contributed by atoms with Gasteiger partial charge in [-0.05, 0) is 185 Å². The molecular formula is C80H62N2. The minimum Gasteiger partial charge on any atom is -0.310 e. The van der Waals surface area contributed by atoms with Crippen LogP contribution in [0.15, 0.2) is 279 Å². The molecule has 0 atom stereocenters. The summed E-state index contributed by atoms with van der Waals surface area (Å²) in [4.78, 5) is 4.75. The van der Waals surface area contributed by atoms with Crippen LogP contribution >= 0.6 is 0 Å². The van der Waals surface area contributed by atoms with Gasteiger partial charge >= 0.3 is 0 Å². The summed E-state index contributed by atoms with van der Waals surface area (Å²) in [6.45, 7) is 9.49. The first-order valence-electron chi connectivity index (χ1n) is 28.6. The van der Waals surface area contributed by atoms with E-state index in [-0.39, 0.29) is 10.8 Å². The zero-order valence-electron chi connectivity index (χ0n) is 46.8. The first-order chi connectivity index (χ1) is 40.1. The predicted molar refractivity (Wildman–Crippen MR) is 350 cm³/mol. The molecule has 0 saturated heterocycles. The lowest BCUT2D eigenvalue weighted by atomic mass is 9.81. The van der Waals surface area contributed by atoms with Crippen molar-refractivity contribution in [3.05, 3.63) is 324 Å². The standard InChI is InChI=1S/C80H62N2/c1-79(2)75-51-57(31-45-71(75)73-47-43-69(53-77(73)79)81(65-21-13-7-14-22-65)67-39-35-61(36-40-67)59-17-9-5-10-18-59)27-25-55-29-33-64-50-56(30-34-63(64)49-55)26-28-58-32-46-72-74-48-44-70(54-78(74)80(3,4)76(72)52-58)82(66-23-15-8-16-24-66)68-41-37-62(38-42-68)60-19-11-6-12-20-60/h5-54H,1-4H3/b27-25+,28-26+. The van der Waals surface area contributed by atoms with Crippen molar-refractivity contribution in [2.75, 3.05) is 9.80 Å². The van der Waals surface area contributed by atoms with Crippen molar-refractivity contribution in [2.45, 2.75) is 38.5 Å². The first-order valence-corrected chi connectivity index (χ1v) is 28.6. The molecule has 0 bridgehead atoms. The van der Waals surface area contributed by atoms with E-state index in [0.29, 0.717) is 0 Å². The second-order valence-corrected chi connectivity index (χ2v) is 23.0. The number of hydrogen-bond acceptors (Lipinski definition) is 2. The fourth-order valence-electron chi connectivity index (χ4n) is 12.8. The molecule has 0 aromatic heterocycles. The van der Waals surface area contributed by atoms with Crippen LogP contribution in [0.3, 0.4) is 0 Å². The molecule has 0 amide bonds. The van der Waals surface area contributed by atoms with Gasteiger partial charge in [-0.1, -0.05) is 246 Å². The number of hydrogen-bond donors (Lipinski definition) is 0. The van der Waals surface area contributed by atoms with E-state index < -0.39 is 0 Å². The largest absolute Gasteiger partial charge is 0.310 e. The van der Waals surface area contributed by atoms with E-state index in [1.54, 1.807) is 0 Å². The minimum atomic E-state index is -0.184. The minimum absolute atomic E-state index is 0.184. The third-order valence-corrected chi connectivity index (χ3v) is 17.2. The summed E-state index contributed by atoms with van der Waals surface area (Å²) < 4.78 is 0. The summed E-state index contributed by atoms with van der Waals surface area (Å²) >= 11 is 0. The normalized spacial score (nSPS) is 13.5. The number of nitrogens with zero attached hydrogens (tertiary/aromatic N) is 2. The maximum Gasteiger partial charge on any atom is 0.0465 e. The average Bonchev–Trinajstić information content (AvgIpc) is 3.31. The molecule has 0 radical (unpaired) electrons. The van der Waals surface area contributed by atoms with Gasteiger partial charge in [0, 0.05) is 45.0 Å². The van der Waals surface area contributed by atoms with E-state index in [4.69, 9.17) is 0 Å². The third-order valence-electron chi connectivity index (χ3n) is 17.2. The predicted octanol–water partition coefficient (Wildman–Crippen LogP) is 22.1. The fourth-order valence-corrected chi connectivity index (χ4v) is 12.8. The molecule has 0 fully saturated rings. The molecule has 2 aliphatic rings. The van der Waals surface area contributed by atoms with Gasteiger partial charge in [0.1, 0.15) is 0 Å². The van der Waals surface area contributed by atoms with E-state index in [9.17, 15) is 0 Å². The van der Waals surface area contributed by atoms with Crippen LogP contribution in [0, 0.1) is 0 Å². The highest BCUT2D eigenvalue weighted by Gasteiger charge is 2.38. The van der Waals surface area contributed by atoms with Crippen LogP contribution in [0.25, 0.3) is 79.6 Å². The Morgan fingerprint density at radius 1 is 0.232 bits per heavy atom. The molecule has 0 N–H and O–H groups in total. The van der Waals surface area contributed by atoms with Crippen molar-refractivity contribution in [3.8, 4) is 44.5 Å². The number of anilines is 6. The molecule has 0 spiro atoms. The summed E-state index contributed by atoms with van der Waals surface area (Å²) in [5.41, 5.74) is 26.7. The summed E-state index contributed by atoms with van der Waals surface area (Å²) in [7, 11) is 0. The maximum absolute atomic E-state index is 2.41. The lowest BCUT2D eigenvalue weighted by Gasteiger charge is -2.28. The van der Waals surface area contributed by atoms with Gasteiger partial charge in [-0.3, -0.25) is 0 Å². The Morgan fingerprint density at radius 2 is 0.500 bits per heavy atom. The lowest BCUT2D eigenvalue weighted by molar-refractivity contribution is 0.660. The average molecular weight is 1050 g/mol. The molecule has 0 saturated carbocycles. The quantitative estimate of drug-likeness (QED) is 0.113. The zero-order chi connectivity index (χ0) is 55.4. The number of para-hydroxylation sites is 2. The lowest BCUT2D eigenvalue weighted by Crippen LogP contribution is -2.16. The highest BCUT2D eigenvalue weighted by molar-refractivity contribution is 5.92. The Kier molecular flexibility index (Phi) is 12.6. The van der Waals surface area contributed by atoms with Gasteiger partial charge in [-0.15, -0.1) is 0 Å². The van der Waals surface area contributed by atoms with E-state index in [2.05, 4.69) is 341 Å². The Bertz CT molecular complexity index is 4110. The van der Waals surface area contributed by atoms with Gasteiger partial charge < -0.3 is 9.80 Å². The summed E-state index contributed by atoms with van der Waals surface area (Å²) in [5.74, 6) is 0. The van der Waals surface area contributed by atoms with Crippen molar-refractivity contribution in [2.24, 2.45) is 0 Å². The Morgan fingerprint density at radius 3 is 0.866 bits per heavy atom. The second kappa shape index (κ2) is 20.6. The summed E-state index contributed by atoms with van der Waals surface area (Å²) in [5, 5.41) is 2.45. The molecule has 14 rings (SSSR count). The molecule has 392 valence electrons. The molecule has 2 nitrogen and oxygen atoms in total. The third kappa shape index (κ3) is 9.23. The Hall–Kier alpha value is -10.0. The molecule has 2 heteroatoms. The Balaban J connectivity index is 0.674. The van der Waals surface area contributed by atoms with E-state index in [1.165, 1.54) is 99.8 Å². The van der Waals surface area contributed by atoms with Crippen molar-refractivity contribution in [1.82, 2.24) is 0 Å². The second-order valence-electron chi connectivity index (χ2n) is 23.0. The van der Waals surface area contributed by atoms with Crippen LogP contribution < -0.4 is 9.80 Å². The van der Waals surface area contributed by atoms with Crippen LogP contribution in [0.1, 0.15) is 72.2 Å². The summed E-state index contributed by atoms with van der Waals surface area (Å²) in [6, 6.07) is 102. The van der Waals surface area contributed by atoms with Crippen LogP contribution in [-0.2, 0) is 10.8 Å². The van der Waals surface area contributed by atoms with Crippen LogP contribution in [-0.4, -0.2) is 0 Å². The molecule has 12 aromatic rings. The molecule has 2 aliphatic carbocycles. The zero-order valence-corrected chi connectivity index (χ0v) is 46.8. The van der Waals surface area contributed by atoms with Crippen LogP contribution in [0.4, 0.5) is 34.1 Å². The highest BCUT2D eigenvalue weighted by atomic mass is 15.1. The number of rotatable bonds is 12. The van der Waals surface area contributed by atoms with Gasteiger partial charge in [-0.25, -0.2) is 0 Å². The van der Waals surface area contributed by atoms with Crippen LogP contribution in [0.2, 0.25) is 0 Å². The smallest absolute Gasteiger partial charge is 0.0465 e. The van der Waals surface area contributed by atoms with Gasteiger partial charge in [0.15, 0.2) is 0 Å². The maximum atomic E-state index is 2.41. The van der Waals surface area contributed by atoms with E-state index in [0.717, 1.165) is 34.1 Å². The SMILES string of the molecule is CC1(C)c2cc(/C=C/c3ccc4cc(/C=C/c5ccc6c(c5)C(C)(C)c5cc(N(c7ccccc7)c7ccc(-c8ccccc8)cc7)ccc5-6)ccc4c3)ccc2-c2ccc(N(c3ccccc3)c3ccc(-c4ccccc4)cc3)cc21. The van der Waals surface area contributed by atoms with Crippen LogP contribution in [0.5, 0.6) is 0 Å². The van der Waals surface area contributed by atoms with Crippen molar-refractivity contribution in [1.29, 1.82) is 0 Å². The van der Waals surface area contributed by atoms with E-state index in [1.807, 2.05) is 0 Å².